The van der Waals surface area contributed by atoms with Gasteiger partial charge in [-0.15, -0.1) is 0 Å². The van der Waals surface area contributed by atoms with Crippen LogP contribution in [0.2, 0.25) is 0 Å². The van der Waals surface area contributed by atoms with Crippen molar-refractivity contribution in [2.75, 3.05) is 18.5 Å². The van der Waals surface area contributed by atoms with E-state index in [4.69, 9.17) is 11.0 Å². The van der Waals surface area contributed by atoms with Crippen LogP contribution < -0.4 is 10.6 Å². The molecule has 1 aliphatic rings. The fourth-order valence-corrected chi connectivity index (χ4v) is 1.98. The molecule has 0 bridgehead atoms. The number of rotatable bonds is 3. The molecule has 2 rings (SSSR count). The number of carbonyl (C=O) groups excluding carboxylic acids is 1. The minimum absolute atomic E-state index is 0.0164. The van der Waals surface area contributed by atoms with E-state index in [9.17, 15) is 4.79 Å². The zero-order chi connectivity index (χ0) is 12.5. The minimum atomic E-state index is -0.378. The van der Waals surface area contributed by atoms with Gasteiger partial charge in [-0.1, -0.05) is 12.1 Å². The SMILES string of the molecule is CN(C(=O)C1(CN)CC1)c1ccccc1C#N. The molecule has 1 fully saturated rings. The van der Waals surface area contributed by atoms with Gasteiger partial charge < -0.3 is 10.6 Å². The van der Waals surface area contributed by atoms with E-state index in [1.54, 1.807) is 30.1 Å². The van der Waals surface area contributed by atoms with Gasteiger partial charge in [-0.05, 0) is 25.0 Å². The number of para-hydroxylation sites is 1. The van der Waals surface area contributed by atoms with Gasteiger partial charge in [0, 0.05) is 13.6 Å². The fraction of sp³-hybridized carbons (Fsp3) is 0.385. The van der Waals surface area contributed by atoms with E-state index in [-0.39, 0.29) is 11.3 Å². The predicted octanol–water partition coefficient (Wildman–Crippen LogP) is 1.26. The lowest BCUT2D eigenvalue weighted by Crippen LogP contribution is -2.38. The topological polar surface area (TPSA) is 70.1 Å². The third-order valence-electron chi connectivity index (χ3n) is 3.39. The number of hydrogen-bond donors (Lipinski definition) is 1. The highest BCUT2D eigenvalue weighted by Gasteiger charge is 2.50. The van der Waals surface area contributed by atoms with Crippen LogP contribution in [0.25, 0.3) is 0 Å². The molecule has 4 heteroatoms. The summed E-state index contributed by atoms with van der Waals surface area (Å²) in [5.41, 5.74) is 6.43. The van der Waals surface area contributed by atoms with Crippen LogP contribution in [0.5, 0.6) is 0 Å². The van der Waals surface area contributed by atoms with Gasteiger partial charge >= 0.3 is 0 Å². The van der Waals surface area contributed by atoms with Crippen LogP contribution in [-0.2, 0) is 4.79 Å². The molecule has 17 heavy (non-hydrogen) atoms. The highest BCUT2D eigenvalue weighted by atomic mass is 16.2. The Bertz CT molecular complexity index is 486. The number of hydrogen-bond acceptors (Lipinski definition) is 3. The first-order valence-electron chi connectivity index (χ1n) is 5.62. The highest BCUT2D eigenvalue weighted by Crippen LogP contribution is 2.46. The molecule has 1 saturated carbocycles. The van der Waals surface area contributed by atoms with E-state index < -0.39 is 0 Å². The second kappa shape index (κ2) is 4.19. The van der Waals surface area contributed by atoms with Gasteiger partial charge in [-0.25, -0.2) is 0 Å². The molecular weight excluding hydrogens is 214 g/mol. The maximum absolute atomic E-state index is 12.3. The van der Waals surface area contributed by atoms with Crippen molar-refractivity contribution in [3.05, 3.63) is 29.8 Å². The second-order valence-corrected chi connectivity index (χ2v) is 4.48. The van der Waals surface area contributed by atoms with E-state index in [0.717, 1.165) is 12.8 Å². The summed E-state index contributed by atoms with van der Waals surface area (Å²) in [6, 6.07) is 9.20. The fourth-order valence-electron chi connectivity index (χ4n) is 1.98. The molecule has 4 nitrogen and oxygen atoms in total. The minimum Gasteiger partial charge on any atom is -0.329 e. The van der Waals surface area contributed by atoms with Crippen LogP contribution >= 0.6 is 0 Å². The summed E-state index contributed by atoms with van der Waals surface area (Å²) in [4.78, 5) is 13.8. The summed E-state index contributed by atoms with van der Waals surface area (Å²) < 4.78 is 0. The number of benzene rings is 1. The van der Waals surface area contributed by atoms with Gasteiger partial charge in [0.05, 0.1) is 16.7 Å². The molecule has 0 saturated heterocycles. The van der Waals surface area contributed by atoms with Crippen molar-refractivity contribution in [3.63, 3.8) is 0 Å². The standard InChI is InChI=1S/C13H15N3O/c1-16(12(17)13(9-15)6-7-13)11-5-3-2-4-10(11)8-14/h2-5H,6-7,9,15H2,1H3. The average Bonchev–Trinajstić information content (AvgIpc) is 3.18. The van der Waals surface area contributed by atoms with Crippen molar-refractivity contribution < 1.29 is 4.79 Å². The lowest BCUT2D eigenvalue weighted by atomic mass is 10.0. The first-order chi connectivity index (χ1) is 8.14. The molecule has 0 unspecified atom stereocenters. The van der Waals surface area contributed by atoms with Crippen molar-refractivity contribution >= 4 is 11.6 Å². The average molecular weight is 229 g/mol. The van der Waals surface area contributed by atoms with Crippen molar-refractivity contribution in [3.8, 4) is 6.07 Å². The van der Waals surface area contributed by atoms with E-state index in [1.807, 2.05) is 6.07 Å². The first kappa shape index (κ1) is 11.6. The lowest BCUT2D eigenvalue weighted by molar-refractivity contribution is -0.123. The number of nitrogens with zero attached hydrogens (tertiary/aromatic N) is 2. The molecule has 0 radical (unpaired) electrons. The molecule has 2 N–H and O–H groups in total. The van der Waals surface area contributed by atoms with Crippen LogP contribution in [-0.4, -0.2) is 19.5 Å². The van der Waals surface area contributed by atoms with Gasteiger partial charge in [0.2, 0.25) is 5.91 Å². The Hall–Kier alpha value is -1.86. The third-order valence-corrected chi connectivity index (χ3v) is 3.39. The zero-order valence-electron chi connectivity index (χ0n) is 9.81. The number of anilines is 1. The van der Waals surface area contributed by atoms with E-state index >= 15 is 0 Å². The molecule has 88 valence electrons. The van der Waals surface area contributed by atoms with E-state index in [1.165, 1.54) is 0 Å². The lowest BCUT2D eigenvalue weighted by Gasteiger charge is -2.23. The Labute approximate surface area is 101 Å². The van der Waals surface area contributed by atoms with Gasteiger partial charge in [-0.3, -0.25) is 4.79 Å². The summed E-state index contributed by atoms with van der Waals surface area (Å²) in [5, 5.41) is 9.01. The monoisotopic (exact) mass is 229 g/mol. The maximum atomic E-state index is 12.3. The molecule has 0 aliphatic heterocycles. The van der Waals surface area contributed by atoms with Crippen LogP contribution in [0.3, 0.4) is 0 Å². The van der Waals surface area contributed by atoms with E-state index in [0.29, 0.717) is 17.8 Å². The molecule has 0 spiro atoms. The quantitative estimate of drug-likeness (QED) is 0.848. The molecule has 0 atom stereocenters. The van der Waals surface area contributed by atoms with Crippen molar-refractivity contribution in [2.45, 2.75) is 12.8 Å². The molecule has 1 aromatic carbocycles. The molecular formula is C13H15N3O. The molecule has 1 aromatic rings. The predicted molar refractivity (Wildman–Crippen MR) is 65.3 cm³/mol. The van der Waals surface area contributed by atoms with Crippen molar-refractivity contribution in [1.29, 1.82) is 5.26 Å². The summed E-state index contributed by atoms with van der Waals surface area (Å²) in [6.45, 7) is 0.380. The normalized spacial score (nSPS) is 16.1. The molecule has 0 aromatic heterocycles. The Kier molecular flexibility index (Phi) is 2.86. The third kappa shape index (κ3) is 1.90. The smallest absolute Gasteiger partial charge is 0.234 e. The van der Waals surface area contributed by atoms with Crippen molar-refractivity contribution in [2.24, 2.45) is 11.1 Å². The maximum Gasteiger partial charge on any atom is 0.234 e. The van der Waals surface area contributed by atoms with Gasteiger partial charge in [-0.2, -0.15) is 5.26 Å². The van der Waals surface area contributed by atoms with Crippen LogP contribution in [0.4, 0.5) is 5.69 Å². The summed E-state index contributed by atoms with van der Waals surface area (Å²) >= 11 is 0. The van der Waals surface area contributed by atoms with Crippen LogP contribution in [0, 0.1) is 16.7 Å². The Morgan fingerprint density at radius 1 is 1.53 bits per heavy atom. The van der Waals surface area contributed by atoms with Crippen molar-refractivity contribution in [1.82, 2.24) is 0 Å². The number of amides is 1. The number of carbonyl (C=O) groups is 1. The van der Waals surface area contributed by atoms with Gasteiger partial charge in [0.25, 0.3) is 0 Å². The van der Waals surface area contributed by atoms with Crippen LogP contribution in [0.15, 0.2) is 24.3 Å². The Morgan fingerprint density at radius 2 is 2.18 bits per heavy atom. The largest absolute Gasteiger partial charge is 0.329 e. The molecule has 0 heterocycles. The summed E-state index contributed by atoms with van der Waals surface area (Å²) in [6.07, 6.45) is 1.70. The number of nitrogens with two attached hydrogens (primary N) is 1. The van der Waals surface area contributed by atoms with Gasteiger partial charge in [0.15, 0.2) is 0 Å². The highest BCUT2D eigenvalue weighted by molar-refractivity contribution is 6.00. The first-order valence-corrected chi connectivity index (χ1v) is 5.62. The zero-order valence-corrected chi connectivity index (χ0v) is 9.81. The van der Waals surface area contributed by atoms with E-state index in [2.05, 4.69) is 6.07 Å². The Balaban J connectivity index is 2.29. The second-order valence-electron chi connectivity index (χ2n) is 4.48. The molecule has 1 amide bonds. The summed E-state index contributed by atoms with van der Waals surface area (Å²) in [5.74, 6) is 0.0164. The van der Waals surface area contributed by atoms with Gasteiger partial charge in [0.1, 0.15) is 6.07 Å². The Morgan fingerprint density at radius 3 is 2.71 bits per heavy atom. The summed E-state index contributed by atoms with van der Waals surface area (Å²) in [7, 11) is 1.70. The molecule has 1 aliphatic carbocycles. The van der Waals surface area contributed by atoms with Crippen LogP contribution in [0.1, 0.15) is 18.4 Å². The number of nitriles is 1.